The van der Waals surface area contributed by atoms with Crippen LogP contribution in [0.15, 0.2) is 18.2 Å². The molecular formula is C11H12Cl2OP-. The second-order valence-electron chi connectivity index (χ2n) is 3.23. The van der Waals surface area contributed by atoms with E-state index in [2.05, 4.69) is 9.24 Å². The summed E-state index contributed by atoms with van der Waals surface area (Å²) in [5.41, 5.74) is 0.454. The lowest BCUT2D eigenvalue weighted by atomic mass is 10.1. The van der Waals surface area contributed by atoms with E-state index in [-0.39, 0.29) is 5.78 Å². The van der Waals surface area contributed by atoms with Gasteiger partial charge in [-0.2, -0.15) is 6.16 Å². The first kappa shape index (κ1) is 13.0. The van der Waals surface area contributed by atoms with Gasteiger partial charge in [0.05, 0.1) is 15.6 Å². The van der Waals surface area contributed by atoms with Gasteiger partial charge in [-0.25, -0.2) is 0 Å². The molecule has 1 aromatic rings. The lowest BCUT2D eigenvalue weighted by molar-refractivity contribution is 0.0980. The minimum absolute atomic E-state index is 0.0192. The third-order valence-electron chi connectivity index (χ3n) is 2.07. The summed E-state index contributed by atoms with van der Waals surface area (Å²) in [5, 5.41) is 0.872. The summed E-state index contributed by atoms with van der Waals surface area (Å²) < 4.78 is 0. The van der Waals surface area contributed by atoms with Crippen molar-refractivity contribution in [3.63, 3.8) is 0 Å². The number of ketones is 1. The predicted octanol–water partition coefficient (Wildman–Crippen LogP) is 4.49. The van der Waals surface area contributed by atoms with Crippen LogP contribution in [0.1, 0.15) is 29.6 Å². The maximum absolute atomic E-state index is 11.8. The van der Waals surface area contributed by atoms with Crippen molar-refractivity contribution < 1.29 is 4.79 Å². The number of halogens is 2. The van der Waals surface area contributed by atoms with Gasteiger partial charge in [0, 0.05) is 6.42 Å². The van der Waals surface area contributed by atoms with Crippen LogP contribution in [0.5, 0.6) is 0 Å². The molecule has 0 aliphatic carbocycles. The Hall–Kier alpha value is -0.100. The molecule has 0 atom stereocenters. The van der Waals surface area contributed by atoms with Crippen LogP contribution in [-0.2, 0) is 0 Å². The Morgan fingerprint density at radius 1 is 1.20 bits per heavy atom. The van der Waals surface area contributed by atoms with Crippen molar-refractivity contribution >= 4 is 38.2 Å². The fourth-order valence-corrected chi connectivity index (χ4v) is 2.16. The maximum atomic E-state index is 11.8. The van der Waals surface area contributed by atoms with Crippen LogP contribution < -0.4 is 0 Å². The van der Waals surface area contributed by atoms with Gasteiger partial charge < -0.3 is 9.24 Å². The van der Waals surface area contributed by atoms with Gasteiger partial charge in [0.1, 0.15) is 0 Å². The number of unbranched alkanes of at least 4 members (excludes halogenated alkanes) is 1. The summed E-state index contributed by atoms with van der Waals surface area (Å²) >= 11 is 11.8. The van der Waals surface area contributed by atoms with E-state index in [1.807, 2.05) is 0 Å². The first-order chi connectivity index (χ1) is 7.16. The lowest BCUT2D eigenvalue weighted by Gasteiger charge is -2.06. The highest BCUT2D eigenvalue weighted by Crippen LogP contribution is 2.26. The van der Waals surface area contributed by atoms with Crippen LogP contribution in [0.4, 0.5) is 0 Å². The summed E-state index contributed by atoms with van der Waals surface area (Å²) in [7, 11) is 3.37. The van der Waals surface area contributed by atoms with E-state index in [1.54, 1.807) is 18.2 Å². The van der Waals surface area contributed by atoms with Crippen LogP contribution in [0.25, 0.3) is 0 Å². The van der Waals surface area contributed by atoms with Gasteiger partial charge in [0.15, 0.2) is 5.78 Å². The molecule has 0 fully saturated rings. The Morgan fingerprint density at radius 2 is 1.80 bits per heavy atom. The summed E-state index contributed by atoms with van der Waals surface area (Å²) in [6.07, 6.45) is 3.23. The average Bonchev–Trinajstić information content (AvgIpc) is 2.18. The van der Waals surface area contributed by atoms with Crippen LogP contribution in [0.2, 0.25) is 10.0 Å². The second-order valence-corrected chi connectivity index (χ2v) is 4.54. The molecule has 0 amide bonds. The number of benzene rings is 1. The Bertz CT molecular complexity index is 332. The SMILES string of the molecule is O=C(CCCC[PH-])c1c(Cl)cccc1Cl. The molecule has 0 saturated heterocycles. The van der Waals surface area contributed by atoms with Crippen LogP contribution in [-0.4, -0.2) is 11.9 Å². The molecule has 0 aliphatic heterocycles. The molecule has 1 rings (SSSR count). The van der Waals surface area contributed by atoms with Crippen LogP contribution >= 0.6 is 32.4 Å². The van der Waals surface area contributed by atoms with Crippen molar-refractivity contribution in [2.45, 2.75) is 19.3 Å². The smallest absolute Gasteiger partial charge is 0.165 e. The molecule has 0 aliphatic rings. The van der Waals surface area contributed by atoms with Crippen molar-refractivity contribution in [3.05, 3.63) is 33.8 Å². The zero-order valence-corrected chi connectivity index (χ0v) is 10.7. The second kappa shape index (κ2) is 6.48. The third-order valence-corrected chi connectivity index (χ3v) is 3.06. The minimum atomic E-state index is 0.0192. The molecule has 0 unspecified atom stereocenters. The van der Waals surface area contributed by atoms with E-state index in [0.717, 1.165) is 19.0 Å². The van der Waals surface area contributed by atoms with Crippen molar-refractivity contribution in [1.29, 1.82) is 0 Å². The summed E-state index contributed by atoms with van der Waals surface area (Å²) in [4.78, 5) is 11.8. The molecular weight excluding hydrogens is 250 g/mol. The molecule has 15 heavy (non-hydrogen) atoms. The largest absolute Gasteiger partial charge is 0.558 e. The quantitative estimate of drug-likeness (QED) is 0.434. The van der Waals surface area contributed by atoms with Gasteiger partial charge in [0.25, 0.3) is 0 Å². The number of carbonyl (C=O) groups excluding carboxylic acids is 1. The zero-order valence-electron chi connectivity index (χ0n) is 8.22. The monoisotopic (exact) mass is 261 g/mol. The minimum Gasteiger partial charge on any atom is -0.558 e. The Labute approximate surface area is 102 Å². The summed E-state index contributed by atoms with van der Waals surface area (Å²) in [6.45, 7) is 0. The van der Waals surface area contributed by atoms with Crippen molar-refractivity contribution in [1.82, 2.24) is 0 Å². The zero-order chi connectivity index (χ0) is 11.3. The molecule has 0 radical (unpaired) electrons. The number of carbonyl (C=O) groups is 1. The van der Waals surface area contributed by atoms with Gasteiger partial charge in [-0.05, 0) is 18.6 Å². The highest BCUT2D eigenvalue weighted by Gasteiger charge is 2.13. The number of Topliss-reactive ketones (excluding diaryl/α,β-unsaturated/α-hetero) is 1. The molecule has 0 spiro atoms. The molecule has 1 nitrogen and oxygen atoms in total. The Morgan fingerprint density at radius 3 is 2.33 bits per heavy atom. The Balaban J connectivity index is 2.73. The first-order valence-corrected chi connectivity index (χ1v) is 6.25. The molecule has 0 bridgehead atoms. The summed E-state index contributed by atoms with van der Waals surface area (Å²) in [6, 6.07) is 5.11. The highest BCUT2D eigenvalue weighted by molar-refractivity contribution is 7.16. The van der Waals surface area contributed by atoms with Gasteiger partial charge in [-0.15, -0.1) is 0 Å². The van der Waals surface area contributed by atoms with E-state index >= 15 is 0 Å². The number of hydrogen-bond acceptors (Lipinski definition) is 1. The van der Waals surface area contributed by atoms with Gasteiger partial charge >= 0.3 is 0 Å². The molecule has 82 valence electrons. The predicted molar refractivity (Wildman–Crippen MR) is 67.8 cm³/mol. The molecule has 1 aromatic carbocycles. The molecule has 0 aromatic heterocycles. The van der Waals surface area contributed by atoms with E-state index in [4.69, 9.17) is 23.2 Å². The van der Waals surface area contributed by atoms with E-state index < -0.39 is 0 Å². The fraction of sp³-hybridized carbons (Fsp3) is 0.364. The van der Waals surface area contributed by atoms with Crippen molar-refractivity contribution in [3.8, 4) is 0 Å². The third kappa shape index (κ3) is 3.75. The van der Waals surface area contributed by atoms with Crippen LogP contribution in [0, 0.1) is 0 Å². The highest BCUT2D eigenvalue weighted by atomic mass is 35.5. The van der Waals surface area contributed by atoms with E-state index in [0.29, 0.717) is 22.0 Å². The van der Waals surface area contributed by atoms with E-state index in [9.17, 15) is 4.79 Å². The standard InChI is InChI=1S/C11H12Cl2OP/c12-8-4-3-5-9(13)11(8)10(14)6-1-2-7-15/h3-5,15H,1-2,6-7H2/q-1. The van der Waals surface area contributed by atoms with Gasteiger partial charge in [-0.1, -0.05) is 35.7 Å². The van der Waals surface area contributed by atoms with Gasteiger partial charge in [-0.3, -0.25) is 4.79 Å². The van der Waals surface area contributed by atoms with Crippen molar-refractivity contribution in [2.75, 3.05) is 6.16 Å². The molecule has 0 heterocycles. The first-order valence-electron chi connectivity index (χ1n) is 4.78. The maximum Gasteiger partial charge on any atom is 0.165 e. The lowest BCUT2D eigenvalue weighted by Crippen LogP contribution is -2.01. The molecule has 4 heteroatoms. The Kier molecular flexibility index (Phi) is 5.60. The van der Waals surface area contributed by atoms with Crippen LogP contribution in [0.3, 0.4) is 0 Å². The average molecular weight is 262 g/mol. The topological polar surface area (TPSA) is 17.1 Å². The number of rotatable bonds is 5. The molecule has 0 N–H and O–H groups in total. The normalized spacial score (nSPS) is 10.3. The van der Waals surface area contributed by atoms with E-state index in [1.165, 1.54) is 0 Å². The molecule has 0 saturated carbocycles. The van der Waals surface area contributed by atoms with Crippen molar-refractivity contribution in [2.24, 2.45) is 0 Å². The summed E-state index contributed by atoms with van der Waals surface area (Å²) in [5.74, 6) is 0.0192. The van der Waals surface area contributed by atoms with Gasteiger partial charge in [0.2, 0.25) is 0 Å². The fourth-order valence-electron chi connectivity index (χ4n) is 1.30. The number of hydrogen-bond donors (Lipinski definition) is 0.